The Labute approximate surface area is 116 Å². The van der Waals surface area contributed by atoms with Crippen molar-refractivity contribution < 1.29 is 25.6 Å². The van der Waals surface area contributed by atoms with E-state index in [2.05, 4.69) is 4.72 Å². The molecular weight excluding hydrogens is 312 g/mol. The summed E-state index contributed by atoms with van der Waals surface area (Å²) < 4.78 is 75.1. The summed E-state index contributed by atoms with van der Waals surface area (Å²) in [4.78, 5) is -1.04. The van der Waals surface area contributed by atoms with Crippen LogP contribution in [0.3, 0.4) is 0 Å². The van der Waals surface area contributed by atoms with E-state index in [1.54, 1.807) is 0 Å². The second-order valence-electron chi connectivity index (χ2n) is 4.67. The van der Waals surface area contributed by atoms with Crippen LogP contribution in [0, 0.1) is 17.6 Å². The highest BCUT2D eigenvalue weighted by Crippen LogP contribution is 2.20. The summed E-state index contributed by atoms with van der Waals surface area (Å²) in [5, 5.41) is 0. The number of sulfonamides is 1. The van der Waals surface area contributed by atoms with Crippen molar-refractivity contribution in [3.05, 3.63) is 29.8 Å². The molecule has 1 N–H and O–H groups in total. The van der Waals surface area contributed by atoms with Crippen molar-refractivity contribution in [3.63, 3.8) is 0 Å². The molecule has 5 nitrogen and oxygen atoms in total. The number of rotatable bonds is 4. The molecule has 112 valence electrons. The van der Waals surface area contributed by atoms with Crippen molar-refractivity contribution >= 4 is 19.9 Å². The normalized spacial score (nSPS) is 22.0. The van der Waals surface area contributed by atoms with Crippen molar-refractivity contribution in [2.45, 2.75) is 11.3 Å². The maximum atomic E-state index is 13.4. The van der Waals surface area contributed by atoms with Crippen LogP contribution in [0.4, 0.5) is 8.78 Å². The van der Waals surface area contributed by atoms with Gasteiger partial charge < -0.3 is 0 Å². The Kier molecular flexibility index (Phi) is 4.12. The zero-order valence-corrected chi connectivity index (χ0v) is 12.0. The van der Waals surface area contributed by atoms with Crippen molar-refractivity contribution in [1.82, 2.24) is 4.72 Å². The molecule has 0 spiro atoms. The average Bonchev–Trinajstić information content (AvgIpc) is 2.66. The SMILES string of the molecule is O=S1(=O)CC[C@H](CNS(=O)(=O)c2c(F)cccc2F)C1. The summed E-state index contributed by atoms with van der Waals surface area (Å²) in [6.07, 6.45) is 0.338. The third kappa shape index (κ3) is 3.33. The topological polar surface area (TPSA) is 80.3 Å². The van der Waals surface area contributed by atoms with Gasteiger partial charge in [0.15, 0.2) is 14.7 Å². The summed E-state index contributed by atoms with van der Waals surface area (Å²) in [7, 11) is -7.47. The molecular formula is C11H13F2NO4S2. The molecule has 1 aliphatic rings. The van der Waals surface area contributed by atoms with Crippen LogP contribution in [0.1, 0.15) is 6.42 Å². The maximum absolute atomic E-state index is 13.4. The molecule has 0 bridgehead atoms. The van der Waals surface area contributed by atoms with Gasteiger partial charge in [-0.2, -0.15) is 0 Å². The maximum Gasteiger partial charge on any atom is 0.246 e. The first-order chi connectivity index (χ1) is 9.21. The Morgan fingerprint density at radius 2 is 1.85 bits per heavy atom. The van der Waals surface area contributed by atoms with E-state index in [4.69, 9.17) is 0 Å². The molecule has 1 fully saturated rings. The minimum absolute atomic E-state index is 0.00739. The van der Waals surface area contributed by atoms with Gasteiger partial charge in [0.05, 0.1) is 11.5 Å². The van der Waals surface area contributed by atoms with Crippen LogP contribution < -0.4 is 4.72 Å². The second kappa shape index (κ2) is 5.38. The number of sulfone groups is 1. The van der Waals surface area contributed by atoms with Crippen LogP contribution in [0.15, 0.2) is 23.1 Å². The molecule has 0 aliphatic carbocycles. The van der Waals surface area contributed by atoms with E-state index < -0.39 is 36.4 Å². The zero-order chi connectivity index (χ0) is 15.0. The fourth-order valence-corrected chi connectivity index (χ4v) is 5.18. The molecule has 1 heterocycles. The van der Waals surface area contributed by atoms with Gasteiger partial charge in [0.25, 0.3) is 0 Å². The fraction of sp³-hybridized carbons (Fsp3) is 0.455. The first kappa shape index (κ1) is 15.3. The summed E-state index contributed by atoms with van der Waals surface area (Å²) in [5.41, 5.74) is 0. The highest BCUT2D eigenvalue weighted by Gasteiger charge is 2.30. The lowest BCUT2D eigenvalue weighted by molar-refractivity contribution is 0.505. The first-order valence-electron chi connectivity index (χ1n) is 5.85. The van der Waals surface area contributed by atoms with Crippen molar-refractivity contribution in [2.24, 2.45) is 5.92 Å². The summed E-state index contributed by atoms with van der Waals surface area (Å²) in [6.45, 7) is -0.157. The predicted octanol–water partition coefficient (Wildman–Crippen LogP) is 0.678. The Bertz CT molecular complexity index is 696. The number of hydrogen-bond donors (Lipinski definition) is 1. The average molecular weight is 325 g/mol. The van der Waals surface area contributed by atoms with E-state index in [1.165, 1.54) is 0 Å². The van der Waals surface area contributed by atoms with E-state index >= 15 is 0 Å². The zero-order valence-electron chi connectivity index (χ0n) is 10.3. The molecule has 1 saturated heterocycles. The molecule has 0 aromatic heterocycles. The fourth-order valence-electron chi connectivity index (χ4n) is 2.07. The number of nitrogens with one attached hydrogen (secondary N) is 1. The lowest BCUT2D eigenvalue weighted by Crippen LogP contribution is -2.31. The molecule has 1 atom stereocenters. The summed E-state index contributed by atoms with van der Waals surface area (Å²) in [6, 6.07) is 2.75. The van der Waals surface area contributed by atoms with E-state index in [9.17, 15) is 25.6 Å². The van der Waals surface area contributed by atoms with Gasteiger partial charge in [-0.05, 0) is 24.5 Å². The van der Waals surface area contributed by atoms with Crippen LogP contribution in [0.5, 0.6) is 0 Å². The van der Waals surface area contributed by atoms with Crippen LogP contribution in [-0.2, 0) is 19.9 Å². The van der Waals surface area contributed by atoms with Crippen molar-refractivity contribution in [3.8, 4) is 0 Å². The number of hydrogen-bond acceptors (Lipinski definition) is 4. The minimum Gasteiger partial charge on any atom is -0.229 e. The molecule has 20 heavy (non-hydrogen) atoms. The van der Waals surface area contributed by atoms with Crippen molar-refractivity contribution in [2.75, 3.05) is 18.1 Å². The quantitative estimate of drug-likeness (QED) is 0.883. The van der Waals surface area contributed by atoms with Gasteiger partial charge in [-0.15, -0.1) is 0 Å². The van der Waals surface area contributed by atoms with Gasteiger partial charge >= 0.3 is 0 Å². The molecule has 0 radical (unpaired) electrons. The minimum atomic E-state index is -4.34. The Morgan fingerprint density at radius 3 is 2.35 bits per heavy atom. The van der Waals surface area contributed by atoms with Gasteiger partial charge in [-0.25, -0.2) is 30.3 Å². The van der Waals surface area contributed by atoms with Crippen LogP contribution >= 0.6 is 0 Å². The van der Waals surface area contributed by atoms with Gasteiger partial charge in [-0.1, -0.05) is 6.07 Å². The Balaban J connectivity index is 2.13. The number of halogens is 2. The van der Waals surface area contributed by atoms with E-state index in [1.807, 2.05) is 0 Å². The van der Waals surface area contributed by atoms with Crippen LogP contribution in [0.25, 0.3) is 0 Å². The molecule has 1 aromatic rings. The monoisotopic (exact) mass is 325 g/mol. The smallest absolute Gasteiger partial charge is 0.229 e. The highest BCUT2D eigenvalue weighted by molar-refractivity contribution is 7.91. The van der Waals surface area contributed by atoms with Crippen molar-refractivity contribution in [1.29, 1.82) is 0 Å². The van der Waals surface area contributed by atoms with Gasteiger partial charge in [0, 0.05) is 6.54 Å². The van der Waals surface area contributed by atoms with Gasteiger partial charge in [0.2, 0.25) is 10.0 Å². The first-order valence-corrected chi connectivity index (χ1v) is 9.16. The summed E-state index contributed by atoms with van der Waals surface area (Å²) in [5.74, 6) is -2.85. The molecule has 0 unspecified atom stereocenters. The Hall–Kier alpha value is -1.06. The molecule has 2 rings (SSSR count). The molecule has 9 heteroatoms. The standard InChI is InChI=1S/C11H13F2NO4S2/c12-9-2-1-3-10(13)11(9)20(17,18)14-6-8-4-5-19(15,16)7-8/h1-3,8,14H,4-7H2/t8-/m1/s1. The van der Waals surface area contributed by atoms with Gasteiger partial charge in [0.1, 0.15) is 11.6 Å². The lowest BCUT2D eigenvalue weighted by Gasteiger charge is -2.11. The molecule has 0 amide bonds. The predicted molar refractivity (Wildman–Crippen MR) is 68.3 cm³/mol. The lowest BCUT2D eigenvalue weighted by atomic mass is 10.1. The molecule has 1 aliphatic heterocycles. The Morgan fingerprint density at radius 1 is 1.25 bits per heavy atom. The third-order valence-corrected chi connectivity index (χ3v) is 6.39. The van der Waals surface area contributed by atoms with Crippen LogP contribution in [0.2, 0.25) is 0 Å². The number of benzene rings is 1. The summed E-state index contributed by atoms with van der Waals surface area (Å²) >= 11 is 0. The highest BCUT2D eigenvalue weighted by atomic mass is 32.2. The second-order valence-corrected chi connectivity index (χ2v) is 8.60. The molecule has 1 aromatic carbocycles. The van der Waals surface area contributed by atoms with Crippen LogP contribution in [-0.4, -0.2) is 34.9 Å². The van der Waals surface area contributed by atoms with Gasteiger partial charge in [-0.3, -0.25) is 0 Å². The largest absolute Gasteiger partial charge is 0.246 e. The molecule has 0 saturated carbocycles. The van der Waals surface area contributed by atoms with E-state index in [0.29, 0.717) is 6.42 Å². The third-order valence-electron chi connectivity index (χ3n) is 3.08. The van der Waals surface area contributed by atoms with E-state index in [0.717, 1.165) is 18.2 Å². The van der Waals surface area contributed by atoms with E-state index in [-0.39, 0.29) is 24.0 Å².